The van der Waals surface area contributed by atoms with Gasteiger partial charge in [-0.2, -0.15) is 0 Å². The summed E-state index contributed by atoms with van der Waals surface area (Å²) in [5.41, 5.74) is 0.228. The predicted octanol–water partition coefficient (Wildman–Crippen LogP) is 3.75. The Morgan fingerprint density at radius 3 is 2.71 bits per heavy atom. The fraction of sp³-hybridized carbons (Fsp3) is 0.154. The molecule has 1 atom stereocenters. The lowest BCUT2D eigenvalue weighted by Gasteiger charge is -2.25. The highest BCUT2D eigenvalue weighted by molar-refractivity contribution is 9.10. The van der Waals surface area contributed by atoms with Crippen LogP contribution in [-0.2, 0) is 5.60 Å². The molecule has 88 valence electrons. The van der Waals surface area contributed by atoms with E-state index in [1.807, 2.05) is 12.1 Å². The van der Waals surface area contributed by atoms with Crippen molar-refractivity contribution in [2.75, 3.05) is 0 Å². The molecule has 0 aliphatic heterocycles. The summed E-state index contributed by atoms with van der Waals surface area (Å²) in [5, 5.41) is 11.1. The summed E-state index contributed by atoms with van der Waals surface area (Å²) < 4.78 is 0.883. The van der Waals surface area contributed by atoms with Gasteiger partial charge in [0, 0.05) is 33.0 Å². The number of benzene rings is 1. The second-order valence-corrected chi connectivity index (χ2v) is 5.26. The highest BCUT2D eigenvalue weighted by Gasteiger charge is 2.28. The monoisotopic (exact) mass is 311 g/mol. The topological polar surface area (TPSA) is 33.1 Å². The smallest absolute Gasteiger partial charge is 0.115 e. The van der Waals surface area contributed by atoms with Crippen molar-refractivity contribution in [3.8, 4) is 0 Å². The van der Waals surface area contributed by atoms with Crippen molar-refractivity contribution in [3.05, 3.63) is 63.3 Å². The molecule has 1 heterocycles. The zero-order valence-corrected chi connectivity index (χ0v) is 11.5. The molecule has 4 heteroatoms. The van der Waals surface area contributed by atoms with Gasteiger partial charge in [0.05, 0.1) is 0 Å². The fourth-order valence-electron chi connectivity index (χ4n) is 1.69. The highest BCUT2D eigenvalue weighted by atomic mass is 79.9. The Morgan fingerprint density at radius 1 is 1.35 bits per heavy atom. The van der Waals surface area contributed by atoms with Crippen LogP contribution in [0.25, 0.3) is 0 Å². The van der Waals surface area contributed by atoms with Crippen LogP contribution in [0, 0.1) is 0 Å². The van der Waals surface area contributed by atoms with Gasteiger partial charge in [0.2, 0.25) is 0 Å². The Hall–Kier alpha value is -0.900. The summed E-state index contributed by atoms with van der Waals surface area (Å²) in [6.07, 6.45) is 3.31. The lowest BCUT2D eigenvalue weighted by atomic mass is 9.89. The third kappa shape index (κ3) is 2.51. The van der Waals surface area contributed by atoms with E-state index in [1.165, 1.54) is 0 Å². The van der Waals surface area contributed by atoms with Gasteiger partial charge in [0.25, 0.3) is 0 Å². The first-order valence-electron chi connectivity index (χ1n) is 5.10. The number of rotatable bonds is 2. The Morgan fingerprint density at radius 2 is 2.12 bits per heavy atom. The summed E-state index contributed by atoms with van der Waals surface area (Å²) in [7, 11) is 0. The van der Waals surface area contributed by atoms with E-state index in [2.05, 4.69) is 20.9 Å². The number of halogens is 2. The van der Waals surface area contributed by atoms with Gasteiger partial charge in [-0.25, -0.2) is 0 Å². The molecule has 0 amide bonds. The van der Waals surface area contributed by atoms with Crippen molar-refractivity contribution < 1.29 is 5.11 Å². The van der Waals surface area contributed by atoms with Crippen molar-refractivity contribution in [1.82, 2.24) is 4.98 Å². The first-order chi connectivity index (χ1) is 8.01. The number of aromatic nitrogens is 1. The molecule has 0 aliphatic rings. The molecule has 0 bridgehead atoms. The molecule has 1 unspecified atom stereocenters. The minimum atomic E-state index is -1.15. The van der Waals surface area contributed by atoms with Gasteiger partial charge in [-0.15, -0.1) is 0 Å². The Bertz CT molecular complexity index is 528. The zero-order valence-electron chi connectivity index (χ0n) is 9.19. The van der Waals surface area contributed by atoms with Crippen LogP contribution in [0.4, 0.5) is 0 Å². The van der Waals surface area contributed by atoms with E-state index in [0.29, 0.717) is 16.1 Å². The van der Waals surface area contributed by atoms with E-state index in [-0.39, 0.29) is 0 Å². The summed E-state index contributed by atoms with van der Waals surface area (Å²) in [6, 6.07) is 9.04. The summed E-state index contributed by atoms with van der Waals surface area (Å²) in [6.45, 7) is 1.71. The largest absolute Gasteiger partial charge is 0.381 e. The number of aliphatic hydroxyl groups is 1. The SMILES string of the molecule is CC(O)(c1cccnc1)c1ccc(Br)cc1Cl. The second-order valence-electron chi connectivity index (χ2n) is 3.94. The maximum atomic E-state index is 10.6. The molecule has 2 nitrogen and oxygen atoms in total. The predicted molar refractivity (Wildman–Crippen MR) is 72.1 cm³/mol. The lowest BCUT2D eigenvalue weighted by molar-refractivity contribution is 0.102. The van der Waals surface area contributed by atoms with Crippen LogP contribution >= 0.6 is 27.5 Å². The summed E-state index contributed by atoms with van der Waals surface area (Å²) in [5.74, 6) is 0. The minimum absolute atomic E-state index is 0.522. The van der Waals surface area contributed by atoms with E-state index in [4.69, 9.17) is 11.6 Å². The van der Waals surface area contributed by atoms with Gasteiger partial charge in [-0.3, -0.25) is 4.98 Å². The van der Waals surface area contributed by atoms with Crippen LogP contribution in [0.1, 0.15) is 18.1 Å². The molecule has 1 aromatic carbocycles. The Labute approximate surface area is 113 Å². The quantitative estimate of drug-likeness (QED) is 0.916. The number of hydrogen-bond donors (Lipinski definition) is 1. The Kier molecular flexibility index (Phi) is 3.52. The third-order valence-electron chi connectivity index (χ3n) is 2.68. The number of nitrogens with zero attached hydrogens (tertiary/aromatic N) is 1. The first kappa shape index (κ1) is 12.6. The number of pyridine rings is 1. The molecule has 0 radical (unpaired) electrons. The van der Waals surface area contributed by atoms with Crippen LogP contribution in [0.5, 0.6) is 0 Å². The van der Waals surface area contributed by atoms with Crippen molar-refractivity contribution in [3.63, 3.8) is 0 Å². The molecule has 0 saturated carbocycles. The van der Waals surface area contributed by atoms with Gasteiger partial charge in [0.15, 0.2) is 0 Å². The molecule has 0 saturated heterocycles. The maximum Gasteiger partial charge on any atom is 0.115 e. The molecule has 1 N–H and O–H groups in total. The molecule has 2 rings (SSSR count). The first-order valence-corrected chi connectivity index (χ1v) is 6.27. The van der Waals surface area contributed by atoms with E-state index in [1.54, 1.807) is 37.5 Å². The standard InChI is InChI=1S/C13H11BrClNO/c1-13(17,9-3-2-6-16-8-9)11-5-4-10(14)7-12(11)15/h2-8,17H,1H3. The highest BCUT2D eigenvalue weighted by Crippen LogP contribution is 2.34. The fourth-order valence-corrected chi connectivity index (χ4v) is 2.55. The van der Waals surface area contributed by atoms with Crippen LogP contribution < -0.4 is 0 Å². The average molecular weight is 313 g/mol. The van der Waals surface area contributed by atoms with Crippen LogP contribution in [0.3, 0.4) is 0 Å². The van der Waals surface area contributed by atoms with Gasteiger partial charge in [-0.05, 0) is 25.1 Å². The molecule has 0 aliphatic carbocycles. The maximum absolute atomic E-state index is 10.6. The van der Waals surface area contributed by atoms with E-state index < -0.39 is 5.60 Å². The zero-order chi connectivity index (χ0) is 12.5. The average Bonchev–Trinajstić information content (AvgIpc) is 2.29. The molecular weight excluding hydrogens is 302 g/mol. The molecule has 17 heavy (non-hydrogen) atoms. The van der Waals surface area contributed by atoms with Gasteiger partial charge in [0.1, 0.15) is 5.60 Å². The molecule has 1 aromatic heterocycles. The number of hydrogen-bond acceptors (Lipinski definition) is 2. The minimum Gasteiger partial charge on any atom is -0.381 e. The van der Waals surface area contributed by atoms with Gasteiger partial charge < -0.3 is 5.11 Å². The molecule has 0 spiro atoms. The van der Waals surface area contributed by atoms with Crippen molar-refractivity contribution in [2.24, 2.45) is 0 Å². The van der Waals surface area contributed by atoms with Crippen LogP contribution in [0.15, 0.2) is 47.2 Å². The normalized spacial score (nSPS) is 14.4. The molecular formula is C13H11BrClNO. The van der Waals surface area contributed by atoms with E-state index in [0.717, 1.165) is 4.47 Å². The van der Waals surface area contributed by atoms with Crippen molar-refractivity contribution in [1.29, 1.82) is 0 Å². The van der Waals surface area contributed by atoms with Gasteiger partial charge >= 0.3 is 0 Å². The Balaban J connectivity index is 2.52. The molecule has 2 aromatic rings. The summed E-state index contributed by atoms with van der Waals surface area (Å²) >= 11 is 9.49. The lowest BCUT2D eigenvalue weighted by Crippen LogP contribution is -2.23. The third-order valence-corrected chi connectivity index (χ3v) is 3.49. The van der Waals surface area contributed by atoms with Crippen LogP contribution in [-0.4, -0.2) is 10.1 Å². The van der Waals surface area contributed by atoms with E-state index >= 15 is 0 Å². The van der Waals surface area contributed by atoms with Crippen LogP contribution in [0.2, 0.25) is 5.02 Å². The second kappa shape index (κ2) is 4.77. The van der Waals surface area contributed by atoms with Crippen molar-refractivity contribution >= 4 is 27.5 Å². The van der Waals surface area contributed by atoms with Crippen molar-refractivity contribution in [2.45, 2.75) is 12.5 Å². The summed E-state index contributed by atoms with van der Waals surface area (Å²) in [4.78, 5) is 4.01. The van der Waals surface area contributed by atoms with E-state index in [9.17, 15) is 5.11 Å². The molecule has 0 fully saturated rings. The van der Waals surface area contributed by atoms with Gasteiger partial charge in [-0.1, -0.05) is 39.7 Å².